The maximum atomic E-state index is 4.74. The van der Waals surface area contributed by atoms with Crippen LogP contribution in [0.2, 0.25) is 0 Å². The molecule has 0 radical (unpaired) electrons. The molecular formula is C14H24N4S. The molecule has 1 aliphatic heterocycles. The van der Waals surface area contributed by atoms with E-state index in [0.29, 0.717) is 12.0 Å². The average Bonchev–Trinajstić information content (AvgIpc) is 3.13. The number of anilines is 1. The van der Waals surface area contributed by atoms with Gasteiger partial charge in [0.15, 0.2) is 0 Å². The second-order valence-electron chi connectivity index (χ2n) is 6.12. The van der Waals surface area contributed by atoms with Crippen molar-refractivity contribution in [2.75, 3.05) is 18.0 Å². The summed E-state index contributed by atoms with van der Waals surface area (Å²) in [5.41, 5.74) is 0. The normalized spacial score (nSPS) is 23.8. The summed E-state index contributed by atoms with van der Waals surface area (Å²) in [6.07, 6.45) is 6.64. The van der Waals surface area contributed by atoms with Crippen LogP contribution < -0.4 is 10.2 Å². The number of nitrogens with one attached hydrogen (secondary N) is 1. The van der Waals surface area contributed by atoms with Crippen LogP contribution in [0.1, 0.15) is 57.7 Å². The van der Waals surface area contributed by atoms with Gasteiger partial charge in [-0.25, -0.2) is 4.98 Å². The van der Waals surface area contributed by atoms with Gasteiger partial charge in [0.2, 0.25) is 5.13 Å². The van der Waals surface area contributed by atoms with Crippen LogP contribution in [0.5, 0.6) is 0 Å². The third-order valence-electron chi connectivity index (χ3n) is 4.01. The van der Waals surface area contributed by atoms with Crippen molar-refractivity contribution in [1.82, 2.24) is 14.7 Å². The van der Waals surface area contributed by atoms with Gasteiger partial charge in [0.25, 0.3) is 0 Å². The quantitative estimate of drug-likeness (QED) is 0.900. The molecule has 0 amide bonds. The Morgan fingerprint density at radius 1 is 1.32 bits per heavy atom. The summed E-state index contributed by atoms with van der Waals surface area (Å²) in [4.78, 5) is 7.25. The number of piperidine rings is 1. The fourth-order valence-electron chi connectivity index (χ4n) is 2.66. The third kappa shape index (κ3) is 3.26. The molecule has 1 atom stereocenters. The van der Waals surface area contributed by atoms with Crippen LogP contribution in [0.25, 0.3) is 0 Å². The lowest BCUT2D eigenvalue weighted by atomic mass is 10.0. The monoisotopic (exact) mass is 280 g/mol. The summed E-state index contributed by atoms with van der Waals surface area (Å²) < 4.78 is 4.51. The fourth-order valence-corrected chi connectivity index (χ4v) is 3.55. The van der Waals surface area contributed by atoms with Crippen LogP contribution >= 0.6 is 11.5 Å². The first-order chi connectivity index (χ1) is 9.24. The van der Waals surface area contributed by atoms with E-state index in [9.17, 15) is 0 Å². The van der Waals surface area contributed by atoms with Gasteiger partial charge in [0.1, 0.15) is 5.82 Å². The Hall–Kier alpha value is -0.680. The maximum absolute atomic E-state index is 4.74. The zero-order valence-corrected chi connectivity index (χ0v) is 12.7. The van der Waals surface area contributed by atoms with Crippen LogP contribution in [-0.2, 0) is 0 Å². The van der Waals surface area contributed by atoms with Crippen molar-refractivity contribution >= 4 is 16.7 Å². The first kappa shape index (κ1) is 13.3. The number of rotatable bonds is 5. The molecule has 19 heavy (non-hydrogen) atoms. The Morgan fingerprint density at radius 2 is 2.16 bits per heavy atom. The lowest BCUT2D eigenvalue weighted by Gasteiger charge is -2.30. The third-order valence-corrected chi connectivity index (χ3v) is 4.78. The smallest absolute Gasteiger partial charge is 0.205 e. The molecule has 0 bridgehead atoms. The molecule has 1 N–H and O–H groups in total. The van der Waals surface area contributed by atoms with Gasteiger partial charge in [-0.1, -0.05) is 20.3 Å². The van der Waals surface area contributed by atoms with E-state index >= 15 is 0 Å². The summed E-state index contributed by atoms with van der Waals surface area (Å²) in [7, 11) is 0. The van der Waals surface area contributed by atoms with E-state index in [4.69, 9.17) is 4.98 Å². The van der Waals surface area contributed by atoms with E-state index in [1.165, 1.54) is 38.6 Å². The van der Waals surface area contributed by atoms with Gasteiger partial charge in [-0.2, -0.15) is 4.37 Å². The van der Waals surface area contributed by atoms with E-state index in [1.807, 2.05) is 0 Å². The molecule has 3 rings (SSSR count). The van der Waals surface area contributed by atoms with Crippen molar-refractivity contribution in [3.8, 4) is 0 Å². The summed E-state index contributed by atoms with van der Waals surface area (Å²) in [5.74, 6) is 1.43. The number of hydrogen-bond donors (Lipinski definition) is 1. The highest BCUT2D eigenvalue weighted by Crippen LogP contribution is 2.33. The Bertz CT molecular complexity index is 407. The molecule has 1 aromatic rings. The second-order valence-corrected chi connectivity index (χ2v) is 6.85. The van der Waals surface area contributed by atoms with E-state index in [0.717, 1.165) is 23.5 Å². The molecule has 2 heterocycles. The summed E-state index contributed by atoms with van der Waals surface area (Å²) >= 11 is 1.58. The molecular weight excluding hydrogens is 256 g/mol. The van der Waals surface area contributed by atoms with E-state index in [1.54, 1.807) is 11.5 Å². The van der Waals surface area contributed by atoms with Crippen molar-refractivity contribution < 1.29 is 0 Å². The molecule has 1 saturated heterocycles. The molecule has 1 aromatic heterocycles. The zero-order chi connectivity index (χ0) is 13.2. The number of nitrogens with zero attached hydrogens (tertiary/aromatic N) is 3. The van der Waals surface area contributed by atoms with Crippen molar-refractivity contribution in [2.24, 2.45) is 0 Å². The minimum atomic E-state index is 0.429. The zero-order valence-electron chi connectivity index (χ0n) is 11.9. The first-order valence-corrected chi connectivity index (χ1v) is 8.35. The first-order valence-electron chi connectivity index (χ1n) is 7.57. The lowest BCUT2D eigenvalue weighted by molar-refractivity contribution is 0.398. The predicted molar refractivity (Wildman–Crippen MR) is 80.0 cm³/mol. The largest absolute Gasteiger partial charge is 0.342 e. The van der Waals surface area contributed by atoms with Gasteiger partial charge in [0, 0.05) is 36.1 Å². The molecule has 1 unspecified atom stereocenters. The van der Waals surface area contributed by atoms with Crippen LogP contribution in [0.4, 0.5) is 5.13 Å². The van der Waals surface area contributed by atoms with E-state index in [-0.39, 0.29) is 0 Å². The number of hydrogen-bond acceptors (Lipinski definition) is 5. The van der Waals surface area contributed by atoms with Gasteiger partial charge in [-0.15, -0.1) is 0 Å². The summed E-state index contributed by atoms with van der Waals surface area (Å²) in [5, 5.41) is 4.78. The van der Waals surface area contributed by atoms with E-state index < -0.39 is 0 Å². The highest BCUT2D eigenvalue weighted by Gasteiger charge is 2.33. The van der Waals surface area contributed by atoms with Crippen LogP contribution in [0.3, 0.4) is 0 Å². The minimum absolute atomic E-state index is 0.429. The SMILES string of the molecule is CC(C)c1nsc(N(CC2CCCCN2)C2CC2)n1. The molecule has 5 heteroatoms. The Kier molecular flexibility index (Phi) is 4.03. The molecule has 106 valence electrons. The van der Waals surface area contributed by atoms with Gasteiger partial charge >= 0.3 is 0 Å². The van der Waals surface area contributed by atoms with Gasteiger partial charge in [-0.05, 0) is 32.2 Å². The molecule has 1 saturated carbocycles. The Morgan fingerprint density at radius 3 is 2.74 bits per heavy atom. The van der Waals surface area contributed by atoms with Gasteiger partial charge in [0.05, 0.1) is 0 Å². The van der Waals surface area contributed by atoms with Gasteiger partial charge < -0.3 is 10.2 Å². The van der Waals surface area contributed by atoms with Crippen molar-refractivity contribution in [2.45, 2.75) is 64.0 Å². The standard InChI is InChI=1S/C14H24N4S/c1-10(2)13-16-14(19-17-13)18(12-6-7-12)9-11-5-3-4-8-15-11/h10-12,15H,3-9H2,1-2H3. The van der Waals surface area contributed by atoms with Crippen LogP contribution in [-0.4, -0.2) is 34.5 Å². The predicted octanol–water partition coefficient (Wildman–Crippen LogP) is 2.77. The van der Waals surface area contributed by atoms with Crippen molar-refractivity contribution in [3.05, 3.63) is 5.82 Å². The Balaban J connectivity index is 1.68. The molecule has 2 aliphatic rings. The molecule has 2 fully saturated rings. The lowest BCUT2D eigenvalue weighted by Crippen LogP contribution is -2.44. The second kappa shape index (κ2) is 5.75. The highest BCUT2D eigenvalue weighted by molar-refractivity contribution is 7.09. The maximum Gasteiger partial charge on any atom is 0.205 e. The van der Waals surface area contributed by atoms with Crippen LogP contribution in [0.15, 0.2) is 0 Å². The number of aromatic nitrogens is 2. The average molecular weight is 280 g/mol. The molecule has 1 aliphatic carbocycles. The van der Waals surface area contributed by atoms with Crippen molar-refractivity contribution in [3.63, 3.8) is 0 Å². The summed E-state index contributed by atoms with van der Waals surface area (Å²) in [6, 6.07) is 1.36. The fraction of sp³-hybridized carbons (Fsp3) is 0.857. The molecule has 4 nitrogen and oxygen atoms in total. The molecule has 0 spiro atoms. The van der Waals surface area contributed by atoms with Crippen molar-refractivity contribution in [1.29, 1.82) is 0 Å². The molecule has 0 aromatic carbocycles. The van der Waals surface area contributed by atoms with Crippen LogP contribution in [0, 0.1) is 0 Å². The summed E-state index contributed by atoms with van der Waals surface area (Å²) in [6.45, 7) is 6.61. The Labute approximate surface area is 119 Å². The minimum Gasteiger partial charge on any atom is -0.342 e. The van der Waals surface area contributed by atoms with E-state index in [2.05, 4.69) is 28.4 Å². The topological polar surface area (TPSA) is 41.1 Å². The highest BCUT2D eigenvalue weighted by atomic mass is 32.1. The van der Waals surface area contributed by atoms with Gasteiger partial charge in [-0.3, -0.25) is 0 Å².